The van der Waals surface area contributed by atoms with Crippen molar-refractivity contribution in [2.45, 2.75) is 20.3 Å². The van der Waals surface area contributed by atoms with Crippen molar-refractivity contribution < 1.29 is 4.39 Å². The Morgan fingerprint density at radius 1 is 1.25 bits per heavy atom. The van der Waals surface area contributed by atoms with Crippen LogP contribution in [0.2, 0.25) is 0 Å². The van der Waals surface area contributed by atoms with E-state index in [0.29, 0.717) is 10.3 Å². The summed E-state index contributed by atoms with van der Waals surface area (Å²) in [7, 11) is 0. The molecule has 2 aromatic rings. The number of rotatable bonds is 5. The van der Waals surface area contributed by atoms with E-state index in [2.05, 4.69) is 43.5 Å². The van der Waals surface area contributed by atoms with Crippen molar-refractivity contribution >= 4 is 33.3 Å². The van der Waals surface area contributed by atoms with Crippen LogP contribution in [0.4, 0.5) is 21.7 Å². The minimum Gasteiger partial charge on any atom is -0.369 e. The van der Waals surface area contributed by atoms with Crippen LogP contribution in [0.1, 0.15) is 18.9 Å². The van der Waals surface area contributed by atoms with Crippen molar-refractivity contribution in [3.8, 4) is 0 Å². The number of halogens is 2. The smallest absolute Gasteiger partial charge is 0.151 e. The van der Waals surface area contributed by atoms with Crippen LogP contribution < -0.4 is 10.6 Å². The number of nitrogens with zero attached hydrogens (tertiary/aromatic N) is 2. The van der Waals surface area contributed by atoms with Gasteiger partial charge in [-0.25, -0.2) is 9.37 Å². The van der Waals surface area contributed by atoms with Gasteiger partial charge in [0.25, 0.3) is 0 Å². The highest BCUT2D eigenvalue weighted by atomic mass is 79.9. The van der Waals surface area contributed by atoms with E-state index in [1.54, 1.807) is 18.5 Å². The SMILES string of the molecule is CCCNc1cncc(Nc2cc(Br)c(F)cc2C)n1. The lowest BCUT2D eigenvalue weighted by Gasteiger charge is -2.11. The average molecular weight is 339 g/mol. The molecule has 0 aliphatic carbocycles. The monoisotopic (exact) mass is 338 g/mol. The van der Waals surface area contributed by atoms with Gasteiger partial charge in [-0.15, -0.1) is 0 Å². The average Bonchev–Trinajstić information content (AvgIpc) is 2.43. The van der Waals surface area contributed by atoms with Gasteiger partial charge in [0.15, 0.2) is 5.82 Å². The lowest BCUT2D eigenvalue weighted by Crippen LogP contribution is -2.04. The van der Waals surface area contributed by atoms with E-state index in [-0.39, 0.29) is 5.82 Å². The first-order valence-electron chi connectivity index (χ1n) is 6.38. The van der Waals surface area contributed by atoms with Gasteiger partial charge in [-0.1, -0.05) is 6.92 Å². The molecule has 106 valence electrons. The van der Waals surface area contributed by atoms with Gasteiger partial charge in [-0.2, -0.15) is 0 Å². The molecule has 0 aliphatic rings. The number of aryl methyl sites for hydroxylation is 1. The van der Waals surface area contributed by atoms with Crippen LogP contribution in [-0.2, 0) is 0 Å². The van der Waals surface area contributed by atoms with E-state index < -0.39 is 0 Å². The van der Waals surface area contributed by atoms with Crippen molar-refractivity contribution in [1.82, 2.24) is 9.97 Å². The fourth-order valence-corrected chi connectivity index (χ4v) is 2.03. The van der Waals surface area contributed by atoms with Crippen LogP contribution in [0.5, 0.6) is 0 Å². The Labute approximate surface area is 126 Å². The third-order valence-electron chi connectivity index (χ3n) is 2.72. The van der Waals surface area contributed by atoms with Gasteiger partial charge in [0, 0.05) is 12.2 Å². The first-order valence-corrected chi connectivity index (χ1v) is 7.18. The number of aromatic nitrogens is 2. The summed E-state index contributed by atoms with van der Waals surface area (Å²) in [4.78, 5) is 8.54. The Hall–Kier alpha value is -1.69. The molecule has 4 nitrogen and oxygen atoms in total. The number of nitrogens with one attached hydrogen (secondary N) is 2. The van der Waals surface area contributed by atoms with Gasteiger partial charge >= 0.3 is 0 Å². The summed E-state index contributed by atoms with van der Waals surface area (Å²) < 4.78 is 13.8. The van der Waals surface area contributed by atoms with Crippen LogP contribution in [0.15, 0.2) is 29.0 Å². The number of anilines is 3. The molecule has 0 spiro atoms. The lowest BCUT2D eigenvalue weighted by molar-refractivity contribution is 0.620. The molecule has 0 bridgehead atoms. The van der Waals surface area contributed by atoms with E-state index in [0.717, 1.165) is 30.0 Å². The number of benzene rings is 1. The summed E-state index contributed by atoms with van der Waals surface area (Å²) in [5.41, 5.74) is 1.60. The molecule has 2 rings (SSSR count). The predicted molar refractivity (Wildman–Crippen MR) is 82.9 cm³/mol. The van der Waals surface area contributed by atoms with E-state index >= 15 is 0 Å². The molecule has 0 amide bonds. The maximum Gasteiger partial charge on any atom is 0.151 e. The molecule has 0 saturated carbocycles. The van der Waals surface area contributed by atoms with Crippen molar-refractivity contribution in [2.24, 2.45) is 0 Å². The van der Waals surface area contributed by atoms with Crippen LogP contribution in [-0.4, -0.2) is 16.5 Å². The molecular weight excluding hydrogens is 323 g/mol. The molecule has 6 heteroatoms. The standard InChI is InChI=1S/C14H16BrFN4/c1-3-4-18-13-7-17-8-14(20-13)19-12-6-10(15)11(16)5-9(12)2/h5-8H,3-4H2,1-2H3,(H2,18,19,20). The van der Waals surface area contributed by atoms with Crippen molar-refractivity contribution in [3.05, 3.63) is 40.4 Å². The molecule has 0 saturated heterocycles. The Morgan fingerprint density at radius 2 is 2.00 bits per heavy atom. The van der Waals surface area contributed by atoms with Gasteiger partial charge in [0.1, 0.15) is 11.6 Å². The molecule has 0 atom stereocenters. The van der Waals surface area contributed by atoms with E-state index in [1.807, 2.05) is 6.92 Å². The third-order valence-corrected chi connectivity index (χ3v) is 3.33. The summed E-state index contributed by atoms with van der Waals surface area (Å²) in [5, 5.41) is 6.32. The zero-order valence-electron chi connectivity index (χ0n) is 11.4. The second-order valence-corrected chi connectivity index (χ2v) is 5.28. The fourth-order valence-electron chi connectivity index (χ4n) is 1.68. The summed E-state index contributed by atoms with van der Waals surface area (Å²) in [5.74, 6) is 1.06. The quantitative estimate of drug-likeness (QED) is 0.855. The summed E-state index contributed by atoms with van der Waals surface area (Å²) in [6.07, 6.45) is 4.32. The van der Waals surface area contributed by atoms with Crippen LogP contribution in [0, 0.1) is 12.7 Å². The molecule has 0 unspecified atom stereocenters. The van der Waals surface area contributed by atoms with Gasteiger partial charge in [0.05, 0.1) is 16.9 Å². The molecule has 0 fully saturated rings. The molecule has 2 N–H and O–H groups in total. The minimum absolute atomic E-state index is 0.280. The zero-order chi connectivity index (χ0) is 14.5. The summed E-state index contributed by atoms with van der Waals surface area (Å²) in [6.45, 7) is 4.77. The molecule has 1 aromatic heterocycles. The van der Waals surface area contributed by atoms with E-state index in [1.165, 1.54) is 6.07 Å². The highest BCUT2D eigenvalue weighted by molar-refractivity contribution is 9.10. The largest absolute Gasteiger partial charge is 0.369 e. The molecular formula is C14H16BrFN4. The van der Waals surface area contributed by atoms with Gasteiger partial charge < -0.3 is 10.6 Å². The predicted octanol–water partition coefficient (Wildman–Crippen LogP) is 4.25. The van der Waals surface area contributed by atoms with Gasteiger partial charge in [-0.05, 0) is 47.0 Å². The second kappa shape index (κ2) is 6.65. The lowest BCUT2D eigenvalue weighted by atomic mass is 10.2. The Morgan fingerprint density at radius 3 is 2.75 bits per heavy atom. The van der Waals surface area contributed by atoms with Gasteiger partial charge in [0.2, 0.25) is 0 Å². The molecule has 20 heavy (non-hydrogen) atoms. The van der Waals surface area contributed by atoms with Crippen molar-refractivity contribution in [2.75, 3.05) is 17.2 Å². The molecule has 0 radical (unpaired) electrons. The number of hydrogen-bond acceptors (Lipinski definition) is 4. The summed E-state index contributed by atoms with van der Waals surface area (Å²) >= 11 is 3.18. The van der Waals surface area contributed by atoms with Crippen LogP contribution in [0.3, 0.4) is 0 Å². The topological polar surface area (TPSA) is 49.8 Å². The molecule has 1 heterocycles. The van der Waals surface area contributed by atoms with E-state index in [4.69, 9.17) is 0 Å². The third kappa shape index (κ3) is 3.66. The Balaban J connectivity index is 2.19. The van der Waals surface area contributed by atoms with Crippen molar-refractivity contribution in [3.63, 3.8) is 0 Å². The molecule has 0 aliphatic heterocycles. The first kappa shape index (κ1) is 14.7. The second-order valence-electron chi connectivity index (χ2n) is 4.42. The fraction of sp³-hybridized carbons (Fsp3) is 0.286. The van der Waals surface area contributed by atoms with Crippen molar-refractivity contribution in [1.29, 1.82) is 0 Å². The van der Waals surface area contributed by atoms with E-state index in [9.17, 15) is 4.39 Å². The maximum atomic E-state index is 13.4. The zero-order valence-corrected chi connectivity index (χ0v) is 13.0. The molecule has 1 aromatic carbocycles. The van der Waals surface area contributed by atoms with Crippen LogP contribution in [0.25, 0.3) is 0 Å². The highest BCUT2D eigenvalue weighted by Crippen LogP contribution is 2.26. The first-order chi connectivity index (χ1) is 9.60. The Kier molecular flexibility index (Phi) is 4.89. The maximum absolute atomic E-state index is 13.4. The Bertz CT molecular complexity index is 604. The van der Waals surface area contributed by atoms with Gasteiger partial charge in [-0.3, -0.25) is 4.98 Å². The summed E-state index contributed by atoms with van der Waals surface area (Å²) in [6, 6.07) is 3.16. The number of hydrogen-bond donors (Lipinski definition) is 2. The van der Waals surface area contributed by atoms with Crippen LogP contribution >= 0.6 is 15.9 Å². The normalized spacial score (nSPS) is 10.4. The minimum atomic E-state index is -0.280. The highest BCUT2D eigenvalue weighted by Gasteiger charge is 2.06.